The van der Waals surface area contributed by atoms with E-state index < -0.39 is 15.9 Å². The highest BCUT2D eigenvalue weighted by Crippen LogP contribution is 2.17. The number of halogens is 1. The van der Waals surface area contributed by atoms with Gasteiger partial charge in [0.1, 0.15) is 10.7 Å². The molecule has 0 aromatic heterocycles. The van der Waals surface area contributed by atoms with Crippen molar-refractivity contribution in [2.24, 2.45) is 0 Å². The third-order valence-electron chi connectivity index (χ3n) is 2.53. The minimum atomic E-state index is -2.49. The fraction of sp³-hybridized carbons (Fsp3) is 0.417. The summed E-state index contributed by atoms with van der Waals surface area (Å²) in [5.41, 5.74) is 2.01. The molecule has 94 valence electrons. The van der Waals surface area contributed by atoms with E-state index in [9.17, 15) is 13.2 Å². The number of thiol groups is 1. The van der Waals surface area contributed by atoms with Crippen molar-refractivity contribution in [3.05, 3.63) is 34.9 Å². The number of carbonyl (C=O) groups is 1. The minimum Gasteiger partial charge on any atom is -0.276 e. The molecule has 0 amide bonds. The van der Waals surface area contributed by atoms with Crippen LogP contribution < -0.4 is 0 Å². The number of carbonyl (C=O) groups excluding carboxylic acids is 1. The summed E-state index contributed by atoms with van der Waals surface area (Å²) < 4.78 is 21.6. The summed E-state index contributed by atoms with van der Waals surface area (Å²) in [4.78, 5) is 11.0. The van der Waals surface area contributed by atoms with Crippen molar-refractivity contribution in [3.8, 4) is 0 Å². The Kier molecular flexibility index (Phi) is 5.65. The zero-order valence-electron chi connectivity index (χ0n) is 9.61. The predicted octanol–water partition coefficient (Wildman–Crippen LogP) is 2.52. The third-order valence-corrected chi connectivity index (χ3v) is 3.35. The molecule has 5 heteroatoms. The van der Waals surface area contributed by atoms with Crippen molar-refractivity contribution in [2.45, 2.75) is 31.9 Å². The van der Waals surface area contributed by atoms with E-state index in [1.54, 1.807) is 18.2 Å². The summed E-state index contributed by atoms with van der Waals surface area (Å²) >= 11 is 5.38. The van der Waals surface area contributed by atoms with Crippen LogP contribution in [0.1, 0.15) is 41.3 Å². The van der Waals surface area contributed by atoms with Gasteiger partial charge in [0.2, 0.25) is 0 Å². The summed E-state index contributed by atoms with van der Waals surface area (Å²) in [5.74, 6) is -0.0353. The Bertz CT molecular complexity index is 473. The zero-order chi connectivity index (χ0) is 12.8. The van der Waals surface area contributed by atoms with Gasteiger partial charge in [-0.3, -0.25) is 4.79 Å². The Morgan fingerprint density at radius 3 is 2.53 bits per heavy atom. The Hall–Kier alpha value is -0.870. The molecule has 0 aliphatic heterocycles. The highest BCUT2D eigenvalue weighted by atomic mass is 35.5. The molecule has 0 spiro atoms. The van der Waals surface area contributed by atoms with Crippen LogP contribution in [0.3, 0.4) is 0 Å². The Labute approximate surface area is 108 Å². The van der Waals surface area contributed by atoms with Gasteiger partial charge in [-0.25, -0.2) is 8.42 Å². The van der Waals surface area contributed by atoms with Crippen LogP contribution in [-0.4, -0.2) is 13.7 Å². The van der Waals surface area contributed by atoms with Gasteiger partial charge in [-0.05, 0) is 47.7 Å². The standard InChI is InChI=1S/C12H15ClO3S/c1-2-3-4-9-5-6-10(12(13)14)7-11(9)8-17(15)16/h5-7,17H,2-4,8H2,1H3. The van der Waals surface area contributed by atoms with Gasteiger partial charge in [0.15, 0.2) is 0 Å². The molecule has 0 bridgehead atoms. The Balaban J connectivity index is 3.06. The first-order valence-electron chi connectivity index (χ1n) is 5.48. The van der Waals surface area contributed by atoms with Crippen LogP contribution in [0.15, 0.2) is 18.2 Å². The molecule has 0 aliphatic carbocycles. The van der Waals surface area contributed by atoms with E-state index >= 15 is 0 Å². The molecule has 0 unspecified atom stereocenters. The van der Waals surface area contributed by atoms with Gasteiger partial charge in [0.25, 0.3) is 5.24 Å². The van der Waals surface area contributed by atoms with Crippen molar-refractivity contribution < 1.29 is 13.2 Å². The minimum absolute atomic E-state index is 0.0353. The molecule has 0 atom stereocenters. The van der Waals surface area contributed by atoms with Crippen molar-refractivity contribution >= 4 is 27.5 Å². The van der Waals surface area contributed by atoms with E-state index in [0.29, 0.717) is 11.1 Å². The molecular formula is C12H15ClO3S. The normalized spacial score (nSPS) is 10.8. The smallest absolute Gasteiger partial charge is 0.252 e. The maximum absolute atomic E-state index is 11.0. The quantitative estimate of drug-likeness (QED) is 0.641. The number of benzene rings is 1. The fourth-order valence-electron chi connectivity index (χ4n) is 1.65. The van der Waals surface area contributed by atoms with E-state index in [1.165, 1.54) is 0 Å². The van der Waals surface area contributed by atoms with E-state index in [1.807, 2.05) is 0 Å². The largest absolute Gasteiger partial charge is 0.276 e. The molecule has 0 heterocycles. The highest BCUT2D eigenvalue weighted by Gasteiger charge is 2.08. The van der Waals surface area contributed by atoms with E-state index in [0.717, 1.165) is 24.8 Å². The van der Waals surface area contributed by atoms with Gasteiger partial charge in [0.05, 0.1) is 5.75 Å². The molecular weight excluding hydrogens is 260 g/mol. The number of hydrogen-bond donors (Lipinski definition) is 1. The van der Waals surface area contributed by atoms with E-state index in [-0.39, 0.29) is 5.75 Å². The lowest BCUT2D eigenvalue weighted by Gasteiger charge is -2.07. The molecule has 1 aromatic rings. The first kappa shape index (κ1) is 14.2. The molecule has 0 saturated heterocycles. The van der Waals surface area contributed by atoms with Crippen molar-refractivity contribution in [3.63, 3.8) is 0 Å². The molecule has 0 saturated carbocycles. The summed E-state index contributed by atoms with van der Waals surface area (Å²) in [6.45, 7) is 2.07. The average molecular weight is 275 g/mol. The molecule has 17 heavy (non-hydrogen) atoms. The number of hydrogen-bond acceptors (Lipinski definition) is 3. The fourth-order valence-corrected chi connectivity index (χ4v) is 2.34. The van der Waals surface area contributed by atoms with Crippen molar-refractivity contribution in [1.82, 2.24) is 0 Å². The molecule has 1 rings (SSSR count). The molecule has 0 radical (unpaired) electrons. The topological polar surface area (TPSA) is 51.2 Å². The second-order valence-corrected chi connectivity index (χ2v) is 5.18. The van der Waals surface area contributed by atoms with Crippen molar-refractivity contribution in [1.29, 1.82) is 0 Å². The lowest BCUT2D eigenvalue weighted by molar-refractivity contribution is 0.108. The Morgan fingerprint density at radius 1 is 1.29 bits per heavy atom. The van der Waals surface area contributed by atoms with Gasteiger partial charge in [0, 0.05) is 5.56 Å². The monoisotopic (exact) mass is 274 g/mol. The summed E-state index contributed by atoms with van der Waals surface area (Å²) in [6.07, 6.45) is 2.86. The lowest BCUT2D eigenvalue weighted by Crippen LogP contribution is -1.99. The number of unbranched alkanes of at least 4 members (excludes halogenated alkanes) is 1. The van der Waals surface area contributed by atoms with Gasteiger partial charge in [-0.15, -0.1) is 0 Å². The first-order valence-corrected chi connectivity index (χ1v) is 7.22. The SMILES string of the molecule is CCCCc1ccc(C(=O)Cl)cc1C[SH](=O)=O. The van der Waals surface area contributed by atoms with Gasteiger partial charge in [-0.1, -0.05) is 19.4 Å². The second-order valence-electron chi connectivity index (χ2n) is 3.85. The number of rotatable bonds is 6. The molecule has 1 aromatic carbocycles. The third kappa shape index (κ3) is 4.48. The van der Waals surface area contributed by atoms with Crippen LogP contribution in [0.5, 0.6) is 0 Å². The van der Waals surface area contributed by atoms with Crippen LogP contribution in [-0.2, 0) is 22.9 Å². The number of aryl methyl sites for hydroxylation is 1. The van der Waals surface area contributed by atoms with E-state index in [4.69, 9.17) is 11.6 Å². The average Bonchev–Trinajstić information content (AvgIpc) is 2.26. The van der Waals surface area contributed by atoms with Crippen LogP contribution in [0.25, 0.3) is 0 Å². The van der Waals surface area contributed by atoms with Crippen LogP contribution in [0.2, 0.25) is 0 Å². The summed E-state index contributed by atoms with van der Waals surface area (Å²) in [5, 5.41) is -0.561. The van der Waals surface area contributed by atoms with Crippen LogP contribution >= 0.6 is 11.6 Å². The van der Waals surface area contributed by atoms with Crippen molar-refractivity contribution in [2.75, 3.05) is 0 Å². The van der Waals surface area contributed by atoms with E-state index in [2.05, 4.69) is 6.92 Å². The maximum atomic E-state index is 11.0. The zero-order valence-corrected chi connectivity index (χ0v) is 11.3. The first-order chi connectivity index (χ1) is 8.04. The highest BCUT2D eigenvalue weighted by molar-refractivity contribution is 7.71. The Morgan fingerprint density at radius 2 is 2.00 bits per heavy atom. The van der Waals surface area contributed by atoms with Crippen LogP contribution in [0, 0.1) is 0 Å². The summed E-state index contributed by atoms with van der Waals surface area (Å²) in [7, 11) is -2.49. The van der Waals surface area contributed by atoms with Gasteiger partial charge < -0.3 is 0 Å². The van der Waals surface area contributed by atoms with Crippen LogP contribution in [0.4, 0.5) is 0 Å². The molecule has 0 fully saturated rings. The summed E-state index contributed by atoms with van der Waals surface area (Å²) in [6, 6.07) is 5.01. The maximum Gasteiger partial charge on any atom is 0.252 e. The predicted molar refractivity (Wildman–Crippen MR) is 69.3 cm³/mol. The van der Waals surface area contributed by atoms with Gasteiger partial charge >= 0.3 is 0 Å². The molecule has 3 nitrogen and oxygen atoms in total. The molecule has 0 aliphatic rings. The lowest BCUT2D eigenvalue weighted by atomic mass is 10.0. The van der Waals surface area contributed by atoms with Gasteiger partial charge in [-0.2, -0.15) is 0 Å². The second kappa shape index (κ2) is 6.77. The molecule has 0 N–H and O–H groups in total.